The van der Waals surface area contributed by atoms with E-state index in [0.717, 1.165) is 0 Å². The molecular formula is C11H13ClO4S. The van der Waals surface area contributed by atoms with E-state index in [-0.39, 0.29) is 23.5 Å². The summed E-state index contributed by atoms with van der Waals surface area (Å²) in [7, 11) is -2.07. The summed E-state index contributed by atoms with van der Waals surface area (Å²) in [5, 5.41) is 0.485. The maximum Gasteiger partial charge on any atom is 0.305 e. The second-order valence-electron chi connectivity index (χ2n) is 3.45. The van der Waals surface area contributed by atoms with Crippen LogP contribution < -0.4 is 0 Å². The van der Waals surface area contributed by atoms with Crippen LogP contribution in [0, 0.1) is 0 Å². The third-order valence-electron chi connectivity index (χ3n) is 2.19. The van der Waals surface area contributed by atoms with Crippen molar-refractivity contribution in [1.29, 1.82) is 0 Å². The van der Waals surface area contributed by atoms with Crippen LogP contribution in [0.1, 0.15) is 12.8 Å². The van der Waals surface area contributed by atoms with Gasteiger partial charge >= 0.3 is 5.97 Å². The van der Waals surface area contributed by atoms with Gasteiger partial charge in [-0.25, -0.2) is 8.42 Å². The number of carbonyl (C=O) groups excluding carboxylic acids is 1. The van der Waals surface area contributed by atoms with E-state index in [1.165, 1.54) is 31.4 Å². The minimum atomic E-state index is -3.35. The number of methoxy groups -OCH3 is 1. The van der Waals surface area contributed by atoms with E-state index in [4.69, 9.17) is 11.6 Å². The summed E-state index contributed by atoms with van der Waals surface area (Å²) < 4.78 is 28.1. The number of benzene rings is 1. The first-order valence-electron chi connectivity index (χ1n) is 5.01. The average Bonchev–Trinajstić information content (AvgIpc) is 2.29. The second kappa shape index (κ2) is 6.02. The van der Waals surface area contributed by atoms with Crippen LogP contribution in [0.25, 0.3) is 0 Å². The minimum absolute atomic E-state index is 0.0796. The smallest absolute Gasteiger partial charge is 0.305 e. The Kier molecular flexibility index (Phi) is 4.96. The molecule has 0 radical (unpaired) electrons. The van der Waals surface area contributed by atoms with Gasteiger partial charge in [0.1, 0.15) is 0 Å². The van der Waals surface area contributed by atoms with Gasteiger partial charge in [-0.1, -0.05) is 11.6 Å². The molecule has 0 aromatic heterocycles. The fourth-order valence-corrected chi connectivity index (χ4v) is 2.71. The first-order valence-corrected chi connectivity index (χ1v) is 7.04. The lowest BCUT2D eigenvalue weighted by atomic mass is 10.3. The Morgan fingerprint density at radius 2 is 1.88 bits per heavy atom. The monoisotopic (exact) mass is 276 g/mol. The van der Waals surface area contributed by atoms with Crippen molar-refractivity contribution >= 4 is 27.4 Å². The van der Waals surface area contributed by atoms with Crippen LogP contribution in [-0.2, 0) is 19.4 Å². The highest BCUT2D eigenvalue weighted by Gasteiger charge is 2.14. The topological polar surface area (TPSA) is 60.4 Å². The molecule has 17 heavy (non-hydrogen) atoms. The number of hydrogen-bond acceptors (Lipinski definition) is 4. The van der Waals surface area contributed by atoms with Gasteiger partial charge in [0.15, 0.2) is 9.84 Å². The lowest BCUT2D eigenvalue weighted by Gasteiger charge is -2.04. The number of rotatable bonds is 5. The lowest BCUT2D eigenvalue weighted by molar-refractivity contribution is -0.140. The van der Waals surface area contributed by atoms with E-state index in [9.17, 15) is 13.2 Å². The van der Waals surface area contributed by atoms with Crippen LogP contribution in [0.4, 0.5) is 0 Å². The summed E-state index contributed by atoms with van der Waals surface area (Å²) in [6.07, 6.45) is 0.348. The van der Waals surface area contributed by atoms with Crippen molar-refractivity contribution in [2.75, 3.05) is 12.9 Å². The quantitative estimate of drug-likeness (QED) is 0.773. The molecule has 1 rings (SSSR count). The van der Waals surface area contributed by atoms with Crippen LogP contribution in [0.2, 0.25) is 5.02 Å². The zero-order chi connectivity index (χ0) is 12.9. The summed E-state index contributed by atoms with van der Waals surface area (Å²) in [4.78, 5) is 11.1. The van der Waals surface area contributed by atoms with E-state index in [1.807, 2.05) is 0 Å². The SMILES string of the molecule is COC(=O)CCCS(=O)(=O)c1ccc(Cl)cc1. The minimum Gasteiger partial charge on any atom is -0.469 e. The number of sulfone groups is 1. The Morgan fingerprint density at radius 1 is 1.29 bits per heavy atom. The first kappa shape index (κ1) is 14.0. The average molecular weight is 277 g/mol. The first-order chi connectivity index (χ1) is 7.95. The normalized spacial score (nSPS) is 11.2. The zero-order valence-electron chi connectivity index (χ0n) is 9.35. The van der Waals surface area contributed by atoms with Crippen molar-refractivity contribution in [3.63, 3.8) is 0 Å². The summed E-state index contributed by atoms with van der Waals surface area (Å²) in [6.45, 7) is 0. The van der Waals surface area contributed by atoms with Gasteiger partial charge in [-0.15, -0.1) is 0 Å². The third kappa shape index (κ3) is 4.36. The summed E-state index contributed by atoms with van der Waals surface area (Å²) in [5.74, 6) is -0.486. The molecule has 0 amide bonds. The summed E-state index contributed by atoms with van der Waals surface area (Å²) in [5.41, 5.74) is 0. The highest BCUT2D eigenvalue weighted by atomic mass is 35.5. The Bertz CT molecular complexity index is 479. The van der Waals surface area contributed by atoms with Gasteiger partial charge in [0.25, 0.3) is 0 Å². The molecule has 0 fully saturated rings. The van der Waals surface area contributed by atoms with Crippen molar-refractivity contribution in [1.82, 2.24) is 0 Å². The van der Waals surface area contributed by atoms with Crippen LogP contribution in [0.3, 0.4) is 0 Å². The van der Waals surface area contributed by atoms with E-state index in [2.05, 4.69) is 4.74 Å². The van der Waals surface area contributed by atoms with Crippen LogP contribution >= 0.6 is 11.6 Å². The Balaban J connectivity index is 2.63. The van der Waals surface area contributed by atoms with Gasteiger partial charge in [-0.2, -0.15) is 0 Å². The molecule has 6 heteroatoms. The largest absolute Gasteiger partial charge is 0.469 e. The standard InChI is InChI=1S/C11H13ClO4S/c1-16-11(13)3-2-8-17(14,15)10-6-4-9(12)5-7-10/h4-7H,2-3,8H2,1H3. The van der Waals surface area contributed by atoms with Gasteiger partial charge in [0.2, 0.25) is 0 Å². The molecule has 0 N–H and O–H groups in total. The molecule has 94 valence electrons. The predicted molar refractivity (Wildman–Crippen MR) is 64.8 cm³/mol. The molecule has 0 bridgehead atoms. The van der Waals surface area contributed by atoms with Gasteiger partial charge in [0.05, 0.1) is 17.8 Å². The van der Waals surface area contributed by atoms with Gasteiger partial charge in [-0.3, -0.25) is 4.79 Å². The summed E-state index contributed by atoms with van der Waals surface area (Å²) in [6, 6.07) is 5.95. The van der Waals surface area contributed by atoms with Crippen molar-refractivity contribution < 1.29 is 17.9 Å². The number of ether oxygens (including phenoxy) is 1. The number of halogens is 1. The highest BCUT2D eigenvalue weighted by Crippen LogP contribution is 2.16. The second-order valence-corrected chi connectivity index (χ2v) is 6.00. The molecule has 4 nitrogen and oxygen atoms in total. The maximum atomic E-state index is 11.8. The maximum absolute atomic E-state index is 11.8. The molecule has 0 aliphatic rings. The van der Waals surface area contributed by atoms with E-state index >= 15 is 0 Å². The van der Waals surface area contributed by atoms with Gasteiger partial charge in [-0.05, 0) is 30.7 Å². The molecule has 0 aliphatic heterocycles. The van der Waals surface area contributed by atoms with Gasteiger partial charge < -0.3 is 4.74 Å². The van der Waals surface area contributed by atoms with E-state index < -0.39 is 15.8 Å². The Hall–Kier alpha value is -1.07. The Labute approximate surface area is 105 Å². The molecule has 0 spiro atoms. The third-order valence-corrected chi connectivity index (χ3v) is 4.26. The van der Waals surface area contributed by atoms with Crippen molar-refractivity contribution in [2.24, 2.45) is 0 Å². The van der Waals surface area contributed by atoms with Crippen molar-refractivity contribution in [2.45, 2.75) is 17.7 Å². The van der Waals surface area contributed by atoms with Crippen molar-refractivity contribution in [3.8, 4) is 0 Å². The molecule has 0 aliphatic carbocycles. The molecule has 1 aromatic carbocycles. The zero-order valence-corrected chi connectivity index (χ0v) is 10.9. The lowest BCUT2D eigenvalue weighted by Crippen LogP contribution is -2.09. The molecule has 0 saturated heterocycles. The van der Waals surface area contributed by atoms with Crippen LogP contribution in [-0.4, -0.2) is 27.2 Å². The molecule has 0 atom stereocenters. The van der Waals surface area contributed by atoms with E-state index in [0.29, 0.717) is 5.02 Å². The van der Waals surface area contributed by atoms with Gasteiger partial charge in [0, 0.05) is 11.4 Å². The fraction of sp³-hybridized carbons (Fsp3) is 0.364. The molecule has 0 saturated carbocycles. The molecule has 0 unspecified atom stereocenters. The van der Waals surface area contributed by atoms with Crippen molar-refractivity contribution in [3.05, 3.63) is 29.3 Å². The van der Waals surface area contributed by atoms with E-state index in [1.54, 1.807) is 0 Å². The molecule has 1 aromatic rings. The highest BCUT2D eigenvalue weighted by molar-refractivity contribution is 7.91. The van der Waals surface area contributed by atoms with Crippen LogP contribution in [0.15, 0.2) is 29.2 Å². The number of hydrogen-bond donors (Lipinski definition) is 0. The fourth-order valence-electron chi connectivity index (χ4n) is 1.27. The predicted octanol–water partition coefficient (Wildman–Crippen LogP) is 2.07. The van der Waals surface area contributed by atoms with Crippen LogP contribution in [0.5, 0.6) is 0 Å². The molecule has 0 heterocycles. The molecular weight excluding hydrogens is 264 g/mol. The summed E-state index contributed by atoms with van der Waals surface area (Å²) >= 11 is 5.67. The number of esters is 1. The number of carbonyl (C=O) groups is 1. The Morgan fingerprint density at radius 3 is 2.41 bits per heavy atom.